The zero-order chi connectivity index (χ0) is 36.5. The number of ketones is 2. The van der Waals surface area contributed by atoms with Crippen molar-refractivity contribution in [1.82, 2.24) is 0 Å². The average molecular weight is 733 g/mol. The van der Waals surface area contributed by atoms with Crippen LogP contribution in [0.1, 0.15) is 153 Å². The minimum Gasteiger partial charge on any atom is -0.466 e. The van der Waals surface area contributed by atoms with Crippen LogP contribution in [0.25, 0.3) is 0 Å². The van der Waals surface area contributed by atoms with Crippen LogP contribution in [0.15, 0.2) is 35.5 Å². The van der Waals surface area contributed by atoms with Crippen LogP contribution in [0.3, 0.4) is 0 Å². The maximum absolute atomic E-state index is 11.9. The lowest BCUT2D eigenvalue weighted by Crippen LogP contribution is -2.51. The van der Waals surface area contributed by atoms with Crippen LogP contribution in [0.5, 0.6) is 0 Å². The van der Waals surface area contributed by atoms with E-state index in [2.05, 4.69) is 53.7 Å². The second-order valence-corrected chi connectivity index (χ2v) is 20.0. The summed E-state index contributed by atoms with van der Waals surface area (Å²) in [6, 6.07) is 0. The first-order chi connectivity index (χ1) is 24.2. The van der Waals surface area contributed by atoms with Gasteiger partial charge in [-0.25, -0.2) is 0 Å². The predicted octanol–water partition coefficient (Wildman–Crippen LogP) is 11.1. The first-order valence-corrected chi connectivity index (χ1v) is 21.1. The van der Waals surface area contributed by atoms with Crippen LogP contribution in [-0.2, 0) is 19.1 Å². The molecule has 0 bridgehead atoms. The third-order valence-electron chi connectivity index (χ3n) is 17.8. The fourth-order valence-electron chi connectivity index (χ4n) is 15.0. The van der Waals surface area contributed by atoms with Crippen LogP contribution in [0.2, 0.25) is 0 Å². The predicted molar refractivity (Wildman–Crippen MR) is 216 cm³/mol. The minimum atomic E-state index is -0.167. The van der Waals surface area contributed by atoms with Crippen molar-refractivity contribution in [3.63, 3.8) is 0 Å². The standard InChI is InChI=1S/C24H34O3.C22H34O2.2CH4/c1-15(14-27-16(2)25)20-7-8-21-19-6-5-17-13-18(26)9-11-23(17,3)22(19)10-12-24(20,21)4;1-14(13-23)18-6-7-19-17-5-4-15-12-16(24)8-10-21(15,2)20(17)9-11-22(18,19)3;;/h5-6,13,15,19-22H,7-12,14H2,1-4H3;12,14,17-20,23H,4-11,13H2,1-3H3;2*1H4/t15-,19?,20?,21?,22?,23+,24-;14-,17?,18?,19?,20?,21+,22-;;/m11../s1. The Labute approximate surface area is 323 Å². The van der Waals surface area contributed by atoms with Crippen molar-refractivity contribution in [3.8, 4) is 0 Å². The Morgan fingerprint density at radius 3 is 1.98 bits per heavy atom. The Kier molecular flexibility index (Phi) is 12.3. The van der Waals surface area contributed by atoms with Crippen molar-refractivity contribution < 1.29 is 24.2 Å². The molecule has 0 radical (unpaired) electrons. The molecule has 5 heteroatoms. The smallest absolute Gasteiger partial charge is 0.302 e. The van der Waals surface area contributed by atoms with Gasteiger partial charge < -0.3 is 9.84 Å². The second-order valence-electron chi connectivity index (χ2n) is 20.0. The van der Waals surface area contributed by atoms with E-state index in [9.17, 15) is 19.5 Å². The molecule has 0 aliphatic heterocycles. The van der Waals surface area contributed by atoms with Crippen LogP contribution >= 0.6 is 0 Å². The lowest BCUT2D eigenvalue weighted by Gasteiger charge is -2.58. The van der Waals surface area contributed by atoms with Crippen molar-refractivity contribution >= 4 is 17.5 Å². The summed E-state index contributed by atoms with van der Waals surface area (Å²) in [4.78, 5) is 35.1. The SMILES string of the molecule is C.C.CC(=O)OC[C@@H](C)C1CCC2C3C=CC4=CC(=O)CC[C@]4(C)C3CC[C@@]21C.C[C@H](CO)C1CCC2C3CCC4=CC(=O)CC[C@]4(C)C3CC[C@@]21C. The summed E-state index contributed by atoms with van der Waals surface area (Å²) in [6.45, 7) is 16.8. The van der Waals surface area contributed by atoms with E-state index in [1.165, 1.54) is 75.9 Å². The molecule has 0 spiro atoms. The highest BCUT2D eigenvalue weighted by molar-refractivity contribution is 5.92. The second kappa shape index (κ2) is 15.5. The number of allylic oxidation sites excluding steroid dienone is 5. The number of aliphatic hydroxyl groups excluding tert-OH is 1. The van der Waals surface area contributed by atoms with Gasteiger partial charge in [-0.05, 0) is 176 Å². The molecule has 298 valence electrons. The van der Waals surface area contributed by atoms with E-state index in [0.29, 0.717) is 88.9 Å². The molecular weight excluding hydrogens is 657 g/mol. The highest BCUT2D eigenvalue weighted by Crippen LogP contribution is 2.68. The maximum atomic E-state index is 11.9. The largest absolute Gasteiger partial charge is 0.466 e. The summed E-state index contributed by atoms with van der Waals surface area (Å²) in [7, 11) is 0. The molecule has 0 aromatic carbocycles. The molecule has 1 N–H and O–H groups in total. The van der Waals surface area contributed by atoms with E-state index < -0.39 is 0 Å². The topological polar surface area (TPSA) is 80.7 Å². The number of hydrogen-bond donors (Lipinski definition) is 1. The Hall–Kier alpha value is -2.01. The molecule has 0 saturated heterocycles. The average Bonchev–Trinajstić information content (AvgIpc) is 3.64. The summed E-state index contributed by atoms with van der Waals surface area (Å²) >= 11 is 0. The van der Waals surface area contributed by atoms with Gasteiger partial charge in [0.2, 0.25) is 0 Å². The van der Waals surface area contributed by atoms with Crippen molar-refractivity contribution in [2.75, 3.05) is 13.2 Å². The van der Waals surface area contributed by atoms with Gasteiger partial charge in [-0.1, -0.05) is 74.1 Å². The van der Waals surface area contributed by atoms with Crippen molar-refractivity contribution in [1.29, 1.82) is 0 Å². The quantitative estimate of drug-likeness (QED) is 0.285. The fourth-order valence-corrected chi connectivity index (χ4v) is 15.0. The summed E-state index contributed by atoms with van der Waals surface area (Å²) in [6.07, 6.45) is 25.0. The van der Waals surface area contributed by atoms with Gasteiger partial charge in [0.1, 0.15) is 0 Å². The normalized spacial score (nSPS) is 44.6. The maximum Gasteiger partial charge on any atom is 0.302 e. The summed E-state index contributed by atoms with van der Waals surface area (Å²) in [5.74, 6) is 7.17. The molecule has 0 heterocycles. The first kappa shape index (κ1) is 42.1. The van der Waals surface area contributed by atoms with Gasteiger partial charge >= 0.3 is 5.97 Å². The lowest BCUT2D eigenvalue weighted by atomic mass is 9.46. The number of carbonyl (C=O) groups is 3. The van der Waals surface area contributed by atoms with Gasteiger partial charge in [-0.15, -0.1) is 0 Å². The molecule has 5 fully saturated rings. The molecule has 8 aliphatic carbocycles. The Morgan fingerprint density at radius 2 is 1.32 bits per heavy atom. The number of hydrogen-bond acceptors (Lipinski definition) is 5. The zero-order valence-corrected chi connectivity index (χ0v) is 33.0. The number of ether oxygens (including phenoxy) is 1. The van der Waals surface area contributed by atoms with E-state index in [1.807, 2.05) is 12.2 Å². The molecule has 8 rings (SSSR count). The van der Waals surface area contributed by atoms with Crippen LogP contribution in [-0.4, -0.2) is 35.9 Å². The Bertz CT molecular complexity index is 1490. The third kappa shape index (κ3) is 6.92. The molecular formula is C48H76O5. The molecule has 53 heavy (non-hydrogen) atoms. The van der Waals surface area contributed by atoms with Gasteiger partial charge in [-0.3, -0.25) is 14.4 Å². The van der Waals surface area contributed by atoms with E-state index in [4.69, 9.17) is 4.74 Å². The van der Waals surface area contributed by atoms with Crippen LogP contribution < -0.4 is 0 Å². The minimum absolute atomic E-state index is 0. The van der Waals surface area contributed by atoms with Gasteiger partial charge in [0.25, 0.3) is 0 Å². The van der Waals surface area contributed by atoms with Gasteiger partial charge in [0.05, 0.1) is 6.61 Å². The summed E-state index contributed by atoms with van der Waals surface area (Å²) < 4.78 is 5.35. The molecule has 8 unspecified atom stereocenters. The van der Waals surface area contributed by atoms with E-state index in [0.717, 1.165) is 43.4 Å². The molecule has 5 saturated carbocycles. The molecule has 0 aromatic rings. The molecule has 0 amide bonds. The number of carbonyl (C=O) groups excluding carboxylic acids is 3. The Balaban J connectivity index is 0.000000198. The van der Waals surface area contributed by atoms with Gasteiger partial charge in [0.15, 0.2) is 11.6 Å². The number of aliphatic hydroxyl groups is 1. The van der Waals surface area contributed by atoms with E-state index >= 15 is 0 Å². The van der Waals surface area contributed by atoms with Crippen LogP contribution in [0, 0.1) is 80.8 Å². The van der Waals surface area contributed by atoms with Gasteiger partial charge in [0, 0.05) is 26.4 Å². The van der Waals surface area contributed by atoms with Gasteiger partial charge in [-0.2, -0.15) is 0 Å². The highest BCUT2D eigenvalue weighted by Gasteiger charge is 2.60. The summed E-state index contributed by atoms with van der Waals surface area (Å²) in [5.41, 5.74) is 4.00. The van der Waals surface area contributed by atoms with Crippen molar-refractivity contribution in [2.45, 2.75) is 153 Å². The van der Waals surface area contributed by atoms with Crippen LogP contribution in [0.4, 0.5) is 0 Å². The first-order valence-electron chi connectivity index (χ1n) is 21.1. The Morgan fingerprint density at radius 1 is 0.736 bits per heavy atom. The number of fused-ring (bicyclic) bond motifs is 10. The highest BCUT2D eigenvalue weighted by atomic mass is 16.5. The molecule has 5 nitrogen and oxygen atoms in total. The number of rotatable bonds is 5. The van der Waals surface area contributed by atoms with Crippen molar-refractivity contribution in [3.05, 3.63) is 35.5 Å². The van der Waals surface area contributed by atoms with E-state index in [1.54, 1.807) is 0 Å². The lowest BCUT2D eigenvalue weighted by molar-refractivity contribution is -0.143. The van der Waals surface area contributed by atoms with Crippen molar-refractivity contribution in [2.24, 2.45) is 80.8 Å². The molecule has 14 atom stereocenters. The third-order valence-corrected chi connectivity index (χ3v) is 17.8. The molecule has 0 aromatic heterocycles. The molecule has 8 aliphatic rings. The number of esters is 1. The monoisotopic (exact) mass is 733 g/mol. The zero-order valence-electron chi connectivity index (χ0n) is 33.0. The van der Waals surface area contributed by atoms with E-state index in [-0.39, 0.29) is 26.2 Å². The fraction of sp³-hybridized carbons (Fsp3) is 0.812. The summed E-state index contributed by atoms with van der Waals surface area (Å²) in [5, 5.41) is 9.71.